The molecule has 1 aromatic heterocycles. The standard InChI is InChI=1S/C30H38N2O4S/c1-22(2)17-25(32-30(34)23(3)36-26-13-8-5-9-14-26)19-31-28(18-24-11-6-4-7-12-24)29(33)21-37-20-27-15-10-16-35-27/h4-16,22-23,25,28,31H,17-21H2,1-3H3,(H,32,34). The number of Topliss-reactive ketones (excluding diaryl/α,β-unsaturated/α-hetero) is 1. The number of carbonyl (C=O) groups is 2. The van der Waals surface area contributed by atoms with Gasteiger partial charge in [-0.05, 0) is 55.5 Å². The minimum atomic E-state index is -0.628. The quantitative estimate of drug-likeness (QED) is 0.266. The fraction of sp³-hybridized carbons (Fsp3) is 0.400. The highest BCUT2D eigenvalue weighted by Gasteiger charge is 2.24. The molecule has 0 aliphatic rings. The Hall–Kier alpha value is -3.03. The predicted octanol–water partition coefficient (Wildman–Crippen LogP) is 5.28. The number of hydrogen-bond donors (Lipinski definition) is 2. The Kier molecular flexibility index (Phi) is 11.8. The molecular formula is C30H38N2O4S. The first-order valence-electron chi connectivity index (χ1n) is 12.8. The molecule has 7 heteroatoms. The van der Waals surface area contributed by atoms with E-state index in [1.54, 1.807) is 24.9 Å². The summed E-state index contributed by atoms with van der Waals surface area (Å²) < 4.78 is 11.2. The number of ketones is 1. The molecule has 6 nitrogen and oxygen atoms in total. The lowest BCUT2D eigenvalue weighted by molar-refractivity contribution is -0.128. The third kappa shape index (κ3) is 10.5. The Bertz CT molecular complexity index is 1060. The molecule has 1 amide bonds. The van der Waals surface area contributed by atoms with Crippen molar-refractivity contribution in [2.45, 2.75) is 57.6 Å². The maximum Gasteiger partial charge on any atom is 0.261 e. The van der Waals surface area contributed by atoms with E-state index in [2.05, 4.69) is 24.5 Å². The smallest absolute Gasteiger partial charge is 0.261 e. The van der Waals surface area contributed by atoms with Crippen molar-refractivity contribution in [1.82, 2.24) is 10.6 Å². The molecular weight excluding hydrogens is 484 g/mol. The highest BCUT2D eigenvalue weighted by molar-refractivity contribution is 7.99. The average molecular weight is 523 g/mol. The van der Waals surface area contributed by atoms with E-state index in [0.29, 0.717) is 36.1 Å². The summed E-state index contributed by atoms with van der Waals surface area (Å²) in [5.41, 5.74) is 1.10. The third-order valence-electron chi connectivity index (χ3n) is 5.88. The topological polar surface area (TPSA) is 80.6 Å². The number of benzene rings is 2. The molecule has 0 radical (unpaired) electrons. The number of carbonyl (C=O) groups excluding carboxylic acids is 2. The zero-order chi connectivity index (χ0) is 26.5. The first kappa shape index (κ1) is 28.5. The number of ether oxygens (including phenoxy) is 1. The maximum atomic E-state index is 13.2. The Morgan fingerprint density at radius 2 is 1.65 bits per heavy atom. The van der Waals surface area contributed by atoms with E-state index in [0.717, 1.165) is 17.7 Å². The molecule has 3 atom stereocenters. The average Bonchev–Trinajstić information content (AvgIpc) is 3.40. The summed E-state index contributed by atoms with van der Waals surface area (Å²) in [5.74, 6) is 2.90. The van der Waals surface area contributed by atoms with Gasteiger partial charge in [-0.1, -0.05) is 62.4 Å². The van der Waals surface area contributed by atoms with Gasteiger partial charge in [0.25, 0.3) is 5.91 Å². The summed E-state index contributed by atoms with van der Waals surface area (Å²) in [5, 5.41) is 6.60. The first-order chi connectivity index (χ1) is 17.9. The van der Waals surface area contributed by atoms with Gasteiger partial charge in [-0.15, -0.1) is 11.8 Å². The van der Waals surface area contributed by atoms with Crippen LogP contribution in [0.2, 0.25) is 0 Å². The first-order valence-corrected chi connectivity index (χ1v) is 14.0. The molecule has 0 aliphatic carbocycles. The molecule has 2 N–H and O–H groups in total. The molecule has 1 heterocycles. The predicted molar refractivity (Wildman–Crippen MR) is 150 cm³/mol. The van der Waals surface area contributed by atoms with Crippen LogP contribution in [0.15, 0.2) is 83.5 Å². The van der Waals surface area contributed by atoms with Crippen molar-refractivity contribution in [2.24, 2.45) is 5.92 Å². The Morgan fingerprint density at radius 1 is 0.946 bits per heavy atom. The van der Waals surface area contributed by atoms with Crippen molar-refractivity contribution in [1.29, 1.82) is 0 Å². The van der Waals surface area contributed by atoms with E-state index < -0.39 is 6.10 Å². The van der Waals surface area contributed by atoms with Crippen molar-refractivity contribution in [3.05, 3.63) is 90.4 Å². The maximum absolute atomic E-state index is 13.2. The minimum absolute atomic E-state index is 0.129. The zero-order valence-electron chi connectivity index (χ0n) is 21.9. The van der Waals surface area contributed by atoms with Gasteiger partial charge in [0.15, 0.2) is 11.9 Å². The molecule has 3 rings (SSSR count). The van der Waals surface area contributed by atoms with E-state index in [4.69, 9.17) is 9.15 Å². The molecule has 0 bridgehead atoms. The van der Waals surface area contributed by atoms with Gasteiger partial charge >= 0.3 is 0 Å². The van der Waals surface area contributed by atoms with Gasteiger partial charge in [0.2, 0.25) is 0 Å². The Morgan fingerprint density at radius 3 is 2.30 bits per heavy atom. The van der Waals surface area contributed by atoms with Crippen LogP contribution in [0.3, 0.4) is 0 Å². The molecule has 0 spiro atoms. The van der Waals surface area contributed by atoms with Gasteiger partial charge in [0.05, 0.1) is 23.8 Å². The van der Waals surface area contributed by atoms with Crippen LogP contribution in [0.5, 0.6) is 5.75 Å². The number of rotatable bonds is 16. The van der Waals surface area contributed by atoms with Gasteiger partial charge in [-0.3, -0.25) is 9.59 Å². The fourth-order valence-electron chi connectivity index (χ4n) is 4.02. The van der Waals surface area contributed by atoms with Crippen LogP contribution in [0.4, 0.5) is 0 Å². The van der Waals surface area contributed by atoms with Crippen LogP contribution >= 0.6 is 11.8 Å². The van der Waals surface area contributed by atoms with Crippen LogP contribution < -0.4 is 15.4 Å². The van der Waals surface area contributed by atoms with E-state index in [1.165, 1.54) is 0 Å². The van der Waals surface area contributed by atoms with E-state index in [9.17, 15) is 9.59 Å². The largest absolute Gasteiger partial charge is 0.481 e. The number of amides is 1. The molecule has 3 aromatic rings. The zero-order valence-corrected chi connectivity index (χ0v) is 22.7. The number of furan rings is 1. The molecule has 0 saturated carbocycles. The van der Waals surface area contributed by atoms with Crippen molar-refractivity contribution in [2.75, 3.05) is 12.3 Å². The molecule has 2 aromatic carbocycles. The van der Waals surface area contributed by atoms with E-state index in [-0.39, 0.29) is 23.8 Å². The highest BCUT2D eigenvalue weighted by atomic mass is 32.2. The van der Waals surface area contributed by atoms with Gasteiger partial charge < -0.3 is 19.8 Å². The lowest BCUT2D eigenvalue weighted by Gasteiger charge is -2.26. The minimum Gasteiger partial charge on any atom is -0.481 e. The molecule has 0 saturated heterocycles. The number of para-hydroxylation sites is 1. The van der Waals surface area contributed by atoms with Crippen molar-refractivity contribution in [3.8, 4) is 5.75 Å². The second kappa shape index (κ2) is 15.3. The summed E-state index contributed by atoms with van der Waals surface area (Å²) in [6.07, 6.45) is 2.40. The van der Waals surface area contributed by atoms with Gasteiger partial charge in [-0.25, -0.2) is 0 Å². The summed E-state index contributed by atoms with van der Waals surface area (Å²) in [4.78, 5) is 26.1. The summed E-state index contributed by atoms with van der Waals surface area (Å²) in [6.45, 7) is 6.50. The highest BCUT2D eigenvalue weighted by Crippen LogP contribution is 2.15. The Balaban J connectivity index is 1.60. The third-order valence-corrected chi connectivity index (χ3v) is 6.86. The summed E-state index contributed by atoms with van der Waals surface area (Å²) >= 11 is 1.55. The van der Waals surface area contributed by atoms with Crippen LogP contribution in [-0.4, -0.2) is 42.2 Å². The Labute approximate surface area is 224 Å². The SMILES string of the molecule is CC(C)CC(CNC(Cc1ccccc1)C(=O)CSCc1ccco1)NC(=O)C(C)Oc1ccccc1. The van der Waals surface area contributed by atoms with Crippen LogP contribution in [0.1, 0.15) is 38.5 Å². The van der Waals surface area contributed by atoms with Crippen LogP contribution in [0, 0.1) is 5.92 Å². The van der Waals surface area contributed by atoms with Gasteiger partial charge in [0, 0.05) is 12.6 Å². The summed E-state index contributed by atoms with van der Waals surface area (Å²) in [6, 6.07) is 22.6. The van der Waals surface area contributed by atoms with Gasteiger partial charge in [-0.2, -0.15) is 0 Å². The fourth-order valence-corrected chi connectivity index (χ4v) is 4.89. The lowest BCUT2D eigenvalue weighted by Crippen LogP contribution is -2.51. The van der Waals surface area contributed by atoms with Crippen molar-refractivity contribution in [3.63, 3.8) is 0 Å². The molecule has 0 fully saturated rings. The second-order valence-electron chi connectivity index (χ2n) is 9.60. The van der Waals surface area contributed by atoms with Crippen LogP contribution in [-0.2, 0) is 21.8 Å². The number of thioether (sulfide) groups is 1. The summed E-state index contributed by atoms with van der Waals surface area (Å²) in [7, 11) is 0. The van der Waals surface area contributed by atoms with E-state index >= 15 is 0 Å². The number of nitrogens with one attached hydrogen (secondary N) is 2. The molecule has 0 aliphatic heterocycles. The molecule has 3 unspecified atom stereocenters. The molecule has 198 valence electrons. The lowest BCUT2D eigenvalue weighted by atomic mass is 10.0. The molecule has 37 heavy (non-hydrogen) atoms. The second-order valence-corrected chi connectivity index (χ2v) is 10.6. The number of hydrogen-bond acceptors (Lipinski definition) is 6. The van der Waals surface area contributed by atoms with Crippen molar-refractivity contribution < 1.29 is 18.7 Å². The van der Waals surface area contributed by atoms with Crippen molar-refractivity contribution >= 4 is 23.5 Å². The monoisotopic (exact) mass is 522 g/mol. The van der Waals surface area contributed by atoms with Gasteiger partial charge in [0.1, 0.15) is 11.5 Å². The van der Waals surface area contributed by atoms with E-state index in [1.807, 2.05) is 72.8 Å². The van der Waals surface area contributed by atoms with Crippen LogP contribution in [0.25, 0.3) is 0 Å². The normalized spacial score (nSPS) is 13.6.